The number of aromatic nitrogens is 3. The largest absolute Gasteiger partial charge is 0.407 e. The summed E-state index contributed by atoms with van der Waals surface area (Å²) in [6, 6.07) is 6.05. The molecular formula is C21H21F3N6O. The van der Waals surface area contributed by atoms with E-state index in [0.717, 1.165) is 12.8 Å². The lowest BCUT2D eigenvalue weighted by molar-refractivity contribution is -0.149. The third kappa shape index (κ3) is 4.01. The molecule has 1 aliphatic rings. The normalized spacial score (nSPS) is 16.1. The van der Waals surface area contributed by atoms with Gasteiger partial charge in [-0.05, 0) is 55.0 Å². The third-order valence-corrected chi connectivity index (χ3v) is 5.63. The molecule has 7 nitrogen and oxygen atoms in total. The van der Waals surface area contributed by atoms with E-state index in [-0.39, 0.29) is 29.4 Å². The van der Waals surface area contributed by atoms with Crippen LogP contribution in [0.25, 0.3) is 10.9 Å². The van der Waals surface area contributed by atoms with Crippen molar-refractivity contribution in [3.8, 4) is 6.07 Å². The van der Waals surface area contributed by atoms with Crippen molar-refractivity contribution in [1.82, 2.24) is 14.8 Å². The Morgan fingerprint density at radius 1 is 1.39 bits per heavy atom. The maximum Gasteiger partial charge on any atom is 0.407 e. The summed E-state index contributed by atoms with van der Waals surface area (Å²) in [5.41, 5.74) is 6.43. The fourth-order valence-corrected chi connectivity index (χ4v) is 3.88. The lowest BCUT2D eigenvalue weighted by atomic mass is 10.0. The molecule has 2 aromatic heterocycles. The Morgan fingerprint density at radius 3 is 2.74 bits per heavy atom. The second-order valence-corrected chi connectivity index (χ2v) is 7.84. The first kappa shape index (κ1) is 20.9. The number of rotatable bonds is 6. The van der Waals surface area contributed by atoms with Crippen LogP contribution >= 0.6 is 0 Å². The highest BCUT2D eigenvalue weighted by molar-refractivity contribution is 5.91. The van der Waals surface area contributed by atoms with Crippen molar-refractivity contribution >= 4 is 22.4 Å². The number of hydrogen-bond acceptors (Lipinski definition) is 5. The van der Waals surface area contributed by atoms with Crippen molar-refractivity contribution in [3.05, 3.63) is 51.9 Å². The summed E-state index contributed by atoms with van der Waals surface area (Å²) in [6.07, 6.45) is -0.739. The number of halogens is 3. The van der Waals surface area contributed by atoms with Gasteiger partial charge in [0.25, 0.3) is 5.56 Å². The van der Waals surface area contributed by atoms with Gasteiger partial charge in [-0.1, -0.05) is 6.07 Å². The van der Waals surface area contributed by atoms with E-state index < -0.39 is 12.2 Å². The van der Waals surface area contributed by atoms with Crippen LogP contribution in [-0.2, 0) is 0 Å². The Morgan fingerprint density at radius 2 is 2.13 bits per heavy atom. The highest BCUT2D eigenvalue weighted by Gasteiger charge is 2.38. The topological polar surface area (TPSA) is 113 Å². The average molecular weight is 430 g/mol. The number of nitrogens with zero attached hydrogens (tertiary/aromatic N) is 3. The summed E-state index contributed by atoms with van der Waals surface area (Å²) < 4.78 is 40.7. The maximum atomic E-state index is 13.0. The zero-order valence-electron chi connectivity index (χ0n) is 16.7. The number of nitrogens with one attached hydrogen (secondary N) is 2. The Labute approximate surface area is 175 Å². The average Bonchev–Trinajstić information content (AvgIpc) is 3.48. The number of benzene rings is 1. The summed E-state index contributed by atoms with van der Waals surface area (Å²) in [6.45, 7) is 1.55. The molecule has 162 valence electrons. The molecule has 0 spiro atoms. The predicted octanol–water partition coefficient (Wildman–Crippen LogP) is 4.20. The van der Waals surface area contributed by atoms with Crippen LogP contribution in [0.15, 0.2) is 35.3 Å². The Bertz CT molecular complexity index is 1220. The fraction of sp³-hybridized carbons (Fsp3) is 0.381. The van der Waals surface area contributed by atoms with E-state index in [2.05, 4.69) is 21.5 Å². The molecule has 0 amide bonds. The molecule has 1 aromatic carbocycles. The van der Waals surface area contributed by atoms with Crippen LogP contribution < -0.4 is 16.6 Å². The van der Waals surface area contributed by atoms with Crippen LogP contribution in [0.1, 0.15) is 42.5 Å². The SMILES string of the molecule is Cc1cc(Nc2nn(C(CC#N)C3CC3)c3cc[nH]c(=O)c23)ccc1C(N)C(F)(F)F. The first-order chi connectivity index (χ1) is 14.7. The molecule has 2 heterocycles. The van der Waals surface area contributed by atoms with E-state index in [1.165, 1.54) is 24.4 Å². The van der Waals surface area contributed by atoms with Gasteiger partial charge in [0.1, 0.15) is 11.4 Å². The van der Waals surface area contributed by atoms with Gasteiger partial charge in [-0.2, -0.15) is 23.5 Å². The lowest BCUT2D eigenvalue weighted by Gasteiger charge is -2.18. The Balaban J connectivity index is 1.73. The fourth-order valence-electron chi connectivity index (χ4n) is 3.88. The van der Waals surface area contributed by atoms with E-state index in [9.17, 15) is 23.2 Å². The van der Waals surface area contributed by atoms with Crippen LogP contribution in [0.2, 0.25) is 0 Å². The first-order valence-electron chi connectivity index (χ1n) is 9.87. The molecule has 0 saturated heterocycles. The molecule has 4 N–H and O–H groups in total. The zero-order valence-corrected chi connectivity index (χ0v) is 16.7. The van der Waals surface area contributed by atoms with Gasteiger partial charge < -0.3 is 16.0 Å². The number of alkyl halides is 3. The summed E-state index contributed by atoms with van der Waals surface area (Å²) in [5.74, 6) is 0.619. The van der Waals surface area contributed by atoms with Gasteiger partial charge in [0.05, 0.1) is 24.0 Å². The number of aryl methyl sites for hydroxylation is 1. The van der Waals surface area contributed by atoms with E-state index >= 15 is 0 Å². The maximum absolute atomic E-state index is 13.0. The van der Waals surface area contributed by atoms with Gasteiger partial charge in [-0.3, -0.25) is 9.48 Å². The highest BCUT2D eigenvalue weighted by atomic mass is 19.4. The number of nitriles is 1. The number of fused-ring (bicyclic) bond motifs is 1. The van der Waals surface area contributed by atoms with Crippen LogP contribution in [0, 0.1) is 24.2 Å². The van der Waals surface area contributed by atoms with Gasteiger partial charge >= 0.3 is 6.18 Å². The number of aromatic amines is 1. The van der Waals surface area contributed by atoms with E-state index in [1.54, 1.807) is 17.7 Å². The minimum Gasteiger partial charge on any atom is -0.338 e. The molecule has 4 rings (SSSR count). The second-order valence-electron chi connectivity index (χ2n) is 7.84. The first-order valence-corrected chi connectivity index (χ1v) is 9.87. The highest BCUT2D eigenvalue weighted by Crippen LogP contribution is 2.43. The molecule has 1 saturated carbocycles. The standard InChI is InChI=1S/C21H21F3N6O/c1-11-10-13(4-5-14(11)18(26)21(22,23)24)28-19-17-16(7-9-27-20(17)31)30(29-19)15(6-8-25)12-2-3-12/h4-5,7,9-10,12,15,18H,2-3,6,26H2,1H3,(H,27,31)(H,28,29). The van der Waals surface area contributed by atoms with Crippen LogP contribution in [-0.4, -0.2) is 20.9 Å². The van der Waals surface area contributed by atoms with Gasteiger partial charge in [-0.15, -0.1) is 0 Å². The van der Waals surface area contributed by atoms with Crippen molar-refractivity contribution in [2.24, 2.45) is 11.7 Å². The molecule has 31 heavy (non-hydrogen) atoms. The minimum absolute atomic E-state index is 0.0193. The van der Waals surface area contributed by atoms with Crippen LogP contribution in [0.3, 0.4) is 0 Å². The molecule has 0 radical (unpaired) electrons. The van der Waals surface area contributed by atoms with E-state index in [1.807, 2.05) is 0 Å². The van der Waals surface area contributed by atoms with Crippen molar-refractivity contribution < 1.29 is 13.2 Å². The summed E-state index contributed by atoms with van der Waals surface area (Å²) in [4.78, 5) is 15.2. The van der Waals surface area contributed by atoms with E-state index in [4.69, 9.17) is 5.73 Å². The van der Waals surface area contributed by atoms with Crippen molar-refractivity contribution in [1.29, 1.82) is 5.26 Å². The quantitative estimate of drug-likeness (QED) is 0.542. The lowest BCUT2D eigenvalue weighted by Crippen LogP contribution is -2.29. The molecule has 2 atom stereocenters. The smallest absolute Gasteiger partial charge is 0.338 e. The summed E-state index contributed by atoms with van der Waals surface area (Å²) >= 11 is 0. The molecule has 2 unspecified atom stereocenters. The van der Waals surface area contributed by atoms with Gasteiger partial charge in [-0.25, -0.2) is 0 Å². The molecule has 3 aromatic rings. The van der Waals surface area contributed by atoms with Crippen molar-refractivity contribution in [2.45, 2.75) is 44.4 Å². The summed E-state index contributed by atoms with van der Waals surface area (Å²) in [5, 5.41) is 17.2. The van der Waals surface area contributed by atoms with E-state index in [0.29, 0.717) is 28.1 Å². The van der Waals surface area contributed by atoms with Crippen molar-refractivity contribution in [2.75, 3.05) is 5.32 Å². The molecule has 0 aliphatic heterocycles. The van der Waals surface area contributed by atoms with Gasteiger partial charge in [0.2, 0.25) is 0 Å². The predicted molar refractivity (Wildman–Crippen MR) is 110 cm³/mol. The molecule has 10 heteroatoms. The number of hydrogen-bond donors (Lipinski definition) is 3. The minimum atomic E-state index is -4.54. The molecule has 1 fully saturated rings. The molecule has 0 bridgehead atoms. The number of H-pyrrole nitrogens is 1. The monoisotopic (exact) mass is 430 g/mol. The second kappa shape index (κ2) is 7.74. The molecular weight excluding hydrogens is 409 g/mol. The number of pyridine rings is 1. The Hall–Kier alpha value is -3.32. The van der Waals surface area contributed by atoms with Gasteiger partial charge in [0.15, 0.2) is 5.82 Å². The number of anilines is 2. The van der Waals surface area contributed by atoms with Gasteiger partial charge in [0, 0.05) is 11.9 Å². The number of nitrogens with two attached hydrogens (primary N) is 1. The zero-order chi connectivity index (χ0) is 22.3. The molecule has 1 aliphatic carbocycles. The van der Waals surface area contributed by atoms with Crippen LogP contribution in [0.5, 0.6) is 0 Å². The van der Waals surface area contributed by atoms with Crippen LogP contribution in [0.4, 0.5) is 24.7 Å². The van der Waals surface area contributed by atoms with Crippen molar-refractivity contribution in [3.63, 3.8) is 0 Å². The summed E-state index contributed by atoms with van der Waals surface area (Å²) in [7, 11) is 0. The third-order valence-electron chi connectivity index (χ3n) is 5.63. The Kier molecular flexibility index (Phi) is 5.23.